The van der Waals surface area contributed by atoms with Gasteiger partial charge in [-0.25, -0.2) is 9.97 Å². The number of aromatic nitrogens is 2. The van der Waals surface area contributed by atoms with E-state index < -0.39 is 5.91 Å². The van der Waals surface area contributed by atoms with E-state index in [0.717, 1.165) is 36.8 Å². The summed E-state index contributed by atoms with van der Waals surface area (Å²) in [6.45, 7) is 1.57. The Hall–Kier alpha value is -2.76. The molecule has 26 heavy (non-hydrogen) atoms. The van der Waals surface area contributed by atoms with E-state index in [2.05, 4.69) is 9.97 Å². The Balaban J connectivity index is 1.41. The van der Waals surface area contributed by atoms with Crippen molar-refractivity contribution in [2.24, 2.45) is 0 Å². The molecule has 1 saturated carbocycles. The Labute approximate surface area is 152 Å². The molecular formula is C20H22N4O2. The van der Waals surface area contributed by atoms with Crippen LogP contribution < -0.4 is 0 Å². The summed E-state index contributed by atoms with van der Waals surface area (Å²) in [6.07, 6.45) is 7.81. The van der Waals surface area contributed by atoms with Gasteiger partial charge in [0.25, 0.3) is 0 Å². The van der Waals surface area contributed by atoms with Gasteiger partial charge in [-0.2, -0.15) is 0 Å². The molecule has 1 aromatic carbocycles. The first kappa shape index (κ1) is 16.7. The molecule has 6 heteroatoms. The Kier molecular flexibility index (Phi) is 4.65. The highest BCUT2D eigenvalue weighted by Gasteiger charge is 2.37. The highest BCUT2D eigenvalue weighted by atomic mass is 16.2. The Morgan fingerprint density at radius 1 is 0.923 bits per heavy atom. The SMILES string of the molecule is O=C1C(=O)N(C2CCCC2)CCN1Cc1cnc(-c2ccccc2)nc1. The molecule has 0 N–H and O–H groups in total. The first-order valence-electron chi connectivity index (χ1n) is 9.18. The molecule has 2 heterocycles. The lowest BCUT2D eigenvalue weighted by atomic mass is 10.1. The van der Waals surface area contributed by atoms with E-state index in [-0.39, 0.29) is 11.9 Å². The van der Waals surface area contributed by atoms with Gasteiger partial charge in [-0.05, 0) is 12.8 Å². The summed E-state index contributed by atoms with van der Waals surface area (Å²) in [5.41, 5.74) is 1.79. The monoisotopic (exact) mass is 350 g/mol. The van der Waals surface area contributed by atoms with Crippen molar-refractivity contribution in [2.75, 3.05) is 13.1 Å². The molecule has 1 aromatic heterocycles. The van der Waals surface area contributed by atoms with E-state index in [0.29, 0.717) is 25.5 Å². The molecule has 0 radical (unpaired) electrons. The van der Waals surface area contributed by atoms with Crippen molar-refractivity contribution in [3.8, 4) is 11.4 Å². The standard InChI is InChI=1S/C20H22N4O2/c25-19-20(26)24(17-8-4-5-9-17)11-10-23(19)14-15-12-21-18(22-13-15)16-6-2-1-3-7-16/h1-3,6-7,12-13,17H,4-5,8-11,14H2. The second-order valence-corrected chi connectivity index (χ2v) is 6.94. The zero-order valence-corrected chi connectivity index (χ0v) is 14.7. The molecule has 2 aliphatic rings. The van der Waals surface area contributed by atoms with Gasteiger partial charge in [-0.3, -0.25) is 9.59 Å². The van der Waals surface area contributed by atoms with Crippen LogP contribution in [0.25, 0.3) is 11.4 Å². The van der Waals surface area contributed by atoms with Gasteiger partial charge in [0.15, 0.2) is 5.82 Å². The van der Waals surface area contributed by atoms with Gasteiger partial charge in [0.2, 0.25) is 0 Å². The lowest BCUT2D eigenvalue weighted by molar-refractivity contribution is -0.158. The summed E-state index contributed by atoms with van der Waals surface area (Å²) in [5, 5.41) is 0. The van der Waals surface area contributed by atoms with Gasteiger partial charge in [-0.15, -0.1) is 0 Å². The number of piperazine rings is 1. The van der Waals surface area contributed by atoms with Crippen LogP contribution in [0.15, 0.2) is 42.7 Å². The van der Waals surface area contributed by atoms with Gasteiger partial charge >= 0.3 is 11.8 Å². The summed E-state index contributed by atoms with van der Waals surface area (Å²) in [4.78, 5) is 37.1. The van der Waals surface area contributed by atoms with Gasteiger partial charge in [0, 0.05) is 49.2 Å². The first-order valence-corrected chi connectivity index (χ1v) is 9.18. The summed E-state index contributed by atoms with van der Waals surface area (Å²) < 4.78 is 0. The van der Waals surface area contributed by atoms with Crippen molar-refractivity contribution >= 4 is 11.8 Å². The topological polar surface area (TPSA) is 66.4 Å². The third kappa shape index (κ3) is 3.31. The highest BCUT2D eigenvalue weighted by Crippen LogP contribution is 2.25. The minimum Gasteiger partial charge on any atom is -0.330 e. The second-order valence-electron chi connectivity index (χ2n) is 6.94. The van der Waals surface area contributed by atoms with Crippen LogP contribution in [0.4, 0.5) is 0 Å². The van der Waals surface area contributed by atoms with E-state index in [9.17, 15) is 9.59 Å². The largest absolute Gasteiger partial charge is 0.330 e. The predicted octanol–water partition coefficient (Wildman–Crippen LogP) is 2.26. The lowest BCUT2D eigenvalue weighted by Gasteiger charge is -2.37. The van der Waals surface area contributed by atoms with Crippen molar-refractivity contribution < 1.29 is 9.59 Å². The van der Waals surface area contributed by atoms with E-state index >= 15 is 0 Å². The number of carbonyl (C=O) groups is 2. The van der Waals surface area contributed by atoms with Crippen molar-refractivity contribution in [1.29, 1.82) is 0 Å². The van der Waals surface area contributed by atoms with Crippen molar-refractivity contribution in [2.45, 2.75) is 38.3 Å². The summed E-state index contributed by atoms with van der Waals surface area (Å²) in [6, 6.07) is 10.0. The number of hydrogen-bond acceptors (Lipinski definition) is 4. The van der Waals surface area contributed by atoms with E-state index in [1.807, 2.05) is 30.3 Å². The summed E-state index contributed by atoms with van der Waals surface area (Å²) >= 11 is 0. The molecular weight excluding hydrogens is 328 g/mol. The van der Waals surface area contributed by atoms with Crippen molar-refractivity contribution in [3.05, 3.63) is 48.3 Å². The smallest absolute Gasteiger partial charge is 0.312 e. The zero-order chi connectivity index (χ0) is 17.9. The molecule has 2 aromatic rings. The average Bonchev–Trinajstić information content (AvgIpc) is 3.21. The lowest BCUT2D eigenvalue weighted by Crippen LogP contribution is -2.56. The fourth-order valence-corrected chi connectivity index (χ4v) is 3.80. The number of carbonyl (C=O) groups excluding carboxylic acids is 2. The molecule has 2 amide bonds. The normalized spacial score (nSPS) is 18.6. The summed E-state index contributed by atoms with van der Waals surface area (Å²) in [5.74, 6) is -0.108. The maximum atomic E-state index is 12.5. The first-order chi connectivity index (χ1) is 12.7. The zero-order valence-electron chi connectivity index (χ0n) is 14.7. The number of nitrogens with zero attached hydrogens (tertiary/aromatic N) is 4. The minimum atomic E-state index is -0.407. The van der Waals surface area contributed by atoms with Crippen LogP contribution in [-0.2, 0) is 16.1 Å². The summed E-state index contributed by atoms with van der Waals surface area (Å²) in [7, 11) is 0. The van der Waals surface area contributed by atoms with Gasteiger partial charge in [0.1, 0.15) is 0 Å². The second kappa shape index (κ2) is 7.23. The molecule has 0 spiro atoms. The van der Waals surface area contributed by atoms with Crippen LogP contribution in [-0.4, -0.2) is 50.7 Å². The fourth-order valence-electron chi connectivity index (χ4n) is 3.80. The van der Waals surface area contributed by atoms with Crippen LogP contribution in [0, 0.1) is 0 Å². The molecule has 1 aliphatic heterocycles. The number of rotatable bonds is 4. The number of hydrogen-bond donors (Lipinski definition) is 0. The molecule has 6 nitrogen and oxygen atoms in total. The van der Waals surface area contributed by atoms with Crippen LogP contribution in [0.2, 0.25) is 0 Å². The molecule has 0 unspecified atom stereocenters. The maximum Gasteiger partial charge on any atom is 0.312 e. The quantitative estimate of drug-likeness (QED) is 0.794. The van der Waals surface area contributed by atoms with Crippen LogP contribution in [0.3, 0.4) is 0 Å². The molecule has 2 fully saturated rings. The Morgan fingerprint density at radius 2 is 1.62 bits per heavy atom. The average molecular weight is 350 g/mol. The Bertz CT molecular complexity index is 785. The molecule has 1 aliphatic carbocycles. The molecule has 0 bridgehead atoms. The molecule has 4 rings (SSSR count). The van der Waals surface area contributed by atoms with Gasteiger partial charge < -0.3 is 9.80 Å². The van der Waals surface area contributed by atoms with Crippen molar-refractivity contribution in [1.82, 2.24) is 19.8 Å². The van der Waals surface area contributed by atoms with Crippen LogP contribution in [0.5, 0.6) is 0 Å². The van der Waals surface area contributed by atoms with Crippen molar-refractivity contribution in [3.63, 3.8) is 0 Å². The van der Waals surface area contributed by atoms with E-state index in [1.54, 1.807) is 22.2 Å². The third-order valence-electron chi connectivity index (χ3n) is 5.22. The predicted molar refractivity (Wildman–Crippen MR) is 96.9 cm³/mol. The third-order valence-corrected chi connectivity index (χ3v) is 5.22. The van der Waals surface area contributed by atoms with Gasteiger partial charge in [0.05, 0.1) is 0 Å². The highest BCUT2D eigenvalue weighted by molar-refractivity contribution is 6.35. The van der Waals surface area contributed by atoms with E-state index in [4.69, 9.17) is 0 Å². The van der Waals surface area contributed by atoms with Crippen LogP contribution >= 0.6 is 0 Å². The minimum absolute atomic E-state index is 0.252. The molecule has 134 valence electrons. The van der Waals surface area contributed by atoms with Gasteiger partial charge in [-0.1, -0.05) is 43.2 Å². The van der Waals surface area contributed by atoms with Crippen LogP contribution in [0.1, 0.15) is 31.2 Å². The fraction of sp³-hybridized carbons (Fsp3) is 0.400. The van der Waals surface area contributed by atoms with E-state index in [1.165, 1.54) is 0 Å². The number of amides is 2. The molecule has 0 atom stereocenters. The Morgan fingerprint density at radius 3 is 2.31 bits per heavy atom. The molecule has 1 saturated heterocycles. The maximum absolute atomic E-state index is 12.5. The number of benzene rings is 1.